The van der Waals surface area contributed by atoms with Gasteiger partial charge in [0.05, 0.1) is 5.54 Å². The van der Waals surface area contributed by atoms with Crippen LogP contribution in [0.1, 0.15) is 18.4 Å². The summed E-state index contributed by atoms with van der Waals surface area (Å²) in [6, 6.07) is 9.95. The van der Waals surface area contributed by atoms with Gasteiger partial charge in [-0.05, 0) is 18.4 Å². The predicted molar refractivity (Wildman–Crippen MR) is 66.3 cm³/mol. The molecule has 0 atom stereocenters. The number of nitrogens with two attached hydrogens (primary N) is 1. The minimum atomic E-state index is -0.552. The third-order valence-electron chi connectivity index (χ3n) is 2.82. The van der Waals surface area contributed by atoms with E-state index in [1.807, 2.05) is 37.4 Å². The van der Waals surface area contributed by atoms with E-state index in [9.17, 15) is 4.79 Å². The van der Waals surface area contributed by atoms with Crippen LogP contribution in [0.3, 0.4) is 0 Å². The standard InChI is InChI=1S/C12H16N2O.ClH/c1-14(11(15)12(13)7-8-12)9-10-5-3-2-4-6-10;/h2-6H,7-9,13H2,1H3;1H. The number of rotatable bonds is 3. The lowest BCUT2D eigenvalue weighted by atomic mass is 10.2. The Morgan fingerprint density at radius 2 is 1.94 bits per heavy atom. The van der Waals surface area contributed by atoms with Gasteiger partial charge in [0.1, 0.15) is 0 Å². The summed E-state index contributed by atoms with van der Waals surface area (Å²) in [6.45, 7) is 0.638. The number of carbonyl (C=O) groups is 1. The highest BCUT2D eigenvalue weighted by Gasteiger charge is 2.47. The first-order chi connectivity index (χ1) is 7.12. The molecule has 2 N–H and O–H groups in total. The van der Waals surface area contributed by atoms with Crippen LogP contribution in [0, 0.1) is 0 Å². The van der Waals surface area contributed by atoms with Gasteiger partial charge >= 0.3 is 0 Å². The van der Waals surface area contributed by atoms with Gasteiger partial charge in [-0.3, -0.25) is 4.79 Å². The van der Waals surface area contributed by atoms with Crippen molar-refractivity contribution in [3.63, 3.8) is 0 Å². The minimum Gasteiger partial charge on any atom is -0.340 e. The predicted octanol–water partition coefficient (Wildman–Crippen LogP) is 1.56. The van der Waals surface area contributed by atoms with Crippen LogP contribution in [-0.2, 0) is 11.3 Å². The molecular formula is C12H17ClN2O. The Bertz CT molecular complexity index is 363. The van der Waals surface area contributed by atoms with E-state index >= 15 is 0 Å². The molecular weight excluding hydrogens is 224 g/mol. The zero-order valence-electron chi connectivity index (χ0n) is 9.35. The molecule has 0 bridgehead atoms. The summed E-state index contributed by atoms with van der Waals surface area (Å²) in [5, 5.41) is 0. The van der Waals surface area contributed by atoms with Gasteiger partial charge in [0.25, 0.3) is 0 Å². The molecule has 3 nitrogen and oxygen atoms in total. The molecule has 4 heteroatoms. The summed E-state index contributed by atoms with van der Waals surface area (Å²) in [6.07, 6.45) is 1.65. The highest BCUT2D eigenvalue weighted by atomic mass is 35.5. The van der Waals surface area contributed by atoms with Crippen molar-refractivity contribution in [2.45, 2.75) is 24.9 Å². The topological polar surface area (TPSA) is 46.3 Å². The molecule has 0 aliphatic heterocycles. The monoisotopic (exact) mass is 240 g/mol. The van der Waals surface area contributed by atoms with Crippen LogP contribution in [0.5, 0.6) is 0 Å². The van der Waals surface area contributed by atoms with Crippen LogP contribution in [-0.4, -0.2) is 23.4 Å². The number of amides is 1. The zero-order chi connectivity index (χ0) is 10.9. The molecule has 0 aromatic heterocycles. The largest absolute Gasteiger partial charge is 0.340 e. The first-order valence-corrected chi connectivity index (χ1v) is 5.20. The van der Waals surface area contributed by atoms with Crippen molar-refractivity contribution >= 4 is 18.3 Å². The molecule has 0 saturated heterocycles. The molecule has 1 aliphatic rings. The number of hydrogen-bond donors (Lipinski definition) is 1. The van der Waals surface area contributed by atoms with Crippen molar-refractivity contribution < 1.29 is 4.79 Å². The van der Waals surface area contributed by atoms with Gasteiger partial charge in [0.2, 0.25) is 5.91 Å². The molecule has 1 aromatic rings. The lowest BCUT2D eigenvalue weighted by Gasteiger charge is -2.20. The zero-order valence-corrected chi connectivity index (χ0v) is 10.2. The van der Waals surface area contributed by atoms with Gasteiger partial charge in [-0.25, -0.2) is 0 Å². The summed E-state index contributed by atoms with van der Waals surface area (Å²) < 4.78 is 0. The molecule has 16 heavy (non-hydrogen) atoms. The summed E-state index contributed by atoms with van der Waals surface area (Å²) in [5.41, 5.74) is 6.44. The molecule has 1 fully saturated rings. The average molecular weight is 241 g/mol. The Hall–Kier alpha value is -1.06. The van der Waals surface area contributed by atoms with Gasteiger partial charge in [-0.2, -0.15) is 0 Å². The summed E-state index contributed by atoms with van der Waals surface area (Å²) in [5.74, 6) is 0.0614. The second kappa shape index (κ2) is 4.85. The summed E-state index contributed by atoms with van der Waals surface area (Å²) in [7, 11) is 1.81. The van der Waals surface area contributed by atoms with Gasteiger partial charge < -0.3 is 10.6 Å². The van der Waals surface area contributed by atoms with Crippen LogP contribution in [0.15, 0.2) is 30.3 Å². The quantitative estimate of drug-likeness (QED) is 0.872. The maximum Gasteiger partial charge on any atom is 0.242 e. The Balaban J connectivity index is 0.00000128. The third kappa shape index (κ3) is 2.74. The molecule has 88 valence electrons. The highest BCUT2D eigenvalue weighted by Crippen LogP contribution is 2.34. The first-order valence-electron chi connectivity index (χ1n) is 5.20. The maximum absolute atomic E-state index is 11.8. The van der Waals surface area contributed by atoms with E-state index in [-0.39, 0.29) is 18.3 Å². The first kappa shape index (κ1) is 13.0. The summed E-state index contributed by atoms with van der Waals surface area (Å²) in [4.78, 5) is 13.5. The van der Waals surface area contributed by atoms with E-state index < -0.39 is 5.54 Å². The van der Waals surface area contributed by atoms with E-state index in [1.54, 1.807) is 4.90 Å². The van der Waals surface area contributed by atoms with Crippen molar-refractivity contribution in [1.82, 2.24) is 4.90 Å². The van der Waals surface area contributed by atoms with Crippen LogP contribution < -0.4 is 5.73 Å². The minimum absolute atomic E-state index is 0. The Morgan fingerprint density at radius 3 is 2.44 bits per heavy atom. The third-order valence-corrected chi connectivity index (χ3v) is 2.82. The molecule has 0 spiro atoms. The second-order valence-corrected chi connectivity index (χ2v) is 4.30. The van der Waals surface area contributed by atoms with Crippen molar-refractivity contribution in [1.29, 1.82) is 0 Å². The number of carbonyl (C=O) groups excluding carboxylic acids is 1. The van der Waals surface area contributed by atoms with Crippen LogP contribution >= 0.6 is 12.4 Å². The molecule has 1 amide bonds. The fourth-order valence-corrected chi connectivity index (χ4v) is 1.66. The Kier molecular flexibility index (Phi) is 3.94. The van der Waals surface area contributed by atoms with E-state index in [2.05, 4.69) is 0 Å². The molecule has 1 aliphatic carbocycles. The Labute approximate surface area is 102 Å². The maximum atomic E-state index is 11.8. The molecule has 1 saturated carbocycles. The number of nitrogens with zero attached hydrogens (tertiary/aromatic N) is 1. The summed E-state index contributed by atoms with van der Waals surface area (Å²) >= 11 is 0. The second-order valence-electron chi connectivity index (χ2n) is 4.30. The van der Waals surface area contributed by atoms with E-state index in [1.165, 1.54) is 0 Å². The van der Waals surface area contributed by atoms with Crippen molar-refractivity contribution in [3.05, 3.63) is 35.9 Å². The van der Waals surface area contributed by atoms with E-state index in [0.717, 1.165) is 18.4 Å². The van der Waals surface area contributed by atoms with E-state index in [0.29, 0.717) is 6.54 Å². The van der Waals surface area contributed by atoms with Gasteiger partial charge in [0.15, 0.2) is 0 Å². The molecule has 0 unspecified atom stereocenters. The van der Waals surface area contributed by atoms with Crippen molar-refractivity contribution in [3.8, 4) is 0 Å². The molecule has 1 aromatic carbocycles. The van der Waals surface area contributed by atoms with Crippen LogP contribution in [0.25, 0.3) is 0 Å². The van der Waals surface area contributed by atoms with Crippen molar-refractivity contribution in [2.24, 2.45) is 5.73 Å². The lowest BCUT2D eigenvalue weighted by molar-refractivity contribution is -0.132. The fraction of sp³-hybridized carbons (Fsp3) is 0.417. The van der Waals surface area contributed by atoms with Gasteiger partial charge in [0, 0.05) is 13.6 Å². The van der Waals surface area contributed by atoms with Crippen molar-refractivity contribution in [2.75, 3.05) is 7.05 Å². The SMILES string of the molecule is CN(Cc1ccccc1)C(=O)C1(N)CC1.Cl. The fourth-order valence-electron chi connectivity index (χ4n) is 1.66. The van der Waals surface area contributed by atoms with Crippen LogP contribution in [0.2, 0.25) is 0 Å². The van der Waals surface area contributed by atoms with Crippen LogP contribution in [0.4, 0.5) is 0 Å². The average Bonchev–Trinajstić information content (AvgIpc) is 2.98. The smallest absolute Gasteiger partial charge is 0.242 e. The van der Waals surface area contributed by atoms with Gasteiger partial charge in [-0.15, -0.1) is 12.4 Å². The highest BCUT2D eigenvalue weighted by molar-refractivity contribution is 5.88. The molecule has 0 heterocycles. The molecule has 2 rings (SSSR count). The number of likely N-dealkylation sites (N-methyl/N-ethyl adjacent to an activating group) is 1. The Morgan fingerprint density at radius 1 is 1.38 bits per heavy atom. The number of hydrogen-bond acceptors (Lipinski definition) is 2. The lowest BCUT2D eigenvalue weighted by Crippen LogP contribution is -2.43. The molecule has 0 radical (unpaired) electrons. The number of benzene rings is 1. The van der Waals surface area contributed by atoms with Gasteiger partial charge in [-0.1, -0.05) is 30.3 Å². The van der Waals surface area contributed by atoms with E-state index in [4.69, 9.17) is 5.73 Å². The number of halogens is 1. The normalized spacial score (nSPS) is 16.1.